The van der Waals surface area contributed by atoms with Gasteiger partial charge in [-0.15, -0.1) is 0 Å². The van der Waals surface area contributed by atoms with Gasteiger partial charge in [-0.1, -0.05) is 41.4 Å². The normalized spacial score (nSPS) is 12.3. The van der Waals surface area contributed by atoms with Crippen molar-refractivity contribution in [2.45, 2.75) is 19.5 Å². The molecule has 6 heteroatoms. The van der Waals surface area contributed by atoms with E-state index >= 15 is 0 Å². The summed E-state index contributed by atoms with van der Waals surface area (Å²) in [5.41, 5.74) is 0.914. The van der Waals surface area contributed by atoms with E-state index in [9.17, 15) is 9.18 Å². The largest absolute Gasteiger partial charge is 0.323 e. The Hall–Kier alpha value is -1.62. The molecule has 1 atom stereocenters. The van der Waals surface area contributed by atoms with Crippen LogP contribution in [-0.2, 0) is 11.3 Å². The van der Waals surface area contributed by atoms with Gasteiger partial charge in [-0.3, -0.25) is 9.69 Å². The molecule has 3 nitrogen and oxygen atoms in total. The number of benzene rings is 2. The van der Waals surface area contributed by atoms with E-state index in [-0.39, 0.29) is 18.3 Å². The van der Waals surface area contributed by atoms with Crippen LogP contribution < -0.4 is 5.32 Å². The van der Waals surface area contributed by atoms with Crippen LogP contribution in [-0.4, -0.2) is 23.9 Å². The van der Waals surface area contributed by atoms with Gasteiger partial charge in [0, 0.05) is 17.1 Å². The summed E-state index contributed by atoms with van der Waals surface area (Å²) >= 11 is 12.1. The molecule has 0 aliphatic heterocycles. The summed E-state index contributed by atoms with van der Waals surface area (Å²) in [6, 6.07) is 11.0. The number of hydrogen-bond acceptors (Lipinski definition) is 2. The second-order valence-electron chi connectivity index (χ2n) is 5.26. The van der Waals surface area contributed by atoms with Gasteiger partial charge in [-0.25, -0.2) is 4.39 Å². The Kier molecular flexibility index (Phi) is 5.99. The fourth-order valence-corrected chi connectivity index (χ4v) is 2.48. The molecular formula is C17H17Cl2FN2O. The van der Waals surface area contributed by atoms with Gasteiger partial charge in [0.05, 0.1) is 16.8 Å². The van der Waals surface area contributed by atoms with Crippen molar-refractivity contribution in [2.75, 3.05) is 12.4 Å². The van der Waals surface area contributed by atoms with Crippen molar-refractivity contribution >= 4 is 34.8 Å². The zero-order valence-electron chi connectivity index (χ0n) is 12.8. The molecule has 23 heavy (non-hydrogen) atoms. The molecule has 2 rings (SSSR count). The molecule has 122 valence electrons. The SMILES string of the molecule is CC(C(=O)Nc1ccccc1Cl)N(C)Cc1c(F)cccc1Cl. The lowest BCUT2D eigenvalue weighted by molar-refractivity contribution is -0.120. The number of nitrogens with one attached hydrogen (secondary N) is 1. The van der Waals surface area contributed by atoms with E-state index in [4.69, 9.17) is 23.2 Å². The van der Waals surface area contributed by atoms with Crippen molar-refractivity contribution in [3.63, 3.8) is 0 Å². The lowest BCUT2D eigenvalue weighted by Crippen LogP contribution is -2.39. The summed E-state index contributed by atoms with van der Waals surface area (Å²) in [6.07, 6.45) is 0. The maximum absolute atomic E-state index is 13.8. The Bertz CT molecular complexity index is 688. The number of rotatable bonds is 5. The van der Waals surface area contributed by atoms with Crippen LogP contribution in [0.15, 0.2) is 42.5 Å². The van der Waals surface area contributed by atoms with Gasteiger partial charge in [-0.05, 0) is 38.2 Å². The van der Waals surface area contributed by atoms with E-state index in [1.54, 1.807) is 55.3 Å². The average Bonchev–Trinajstić information content (AvgIpc) is 2.52. The Morgan fingerprint density at radius 1 is 1.17 bits per heavy atom. The van der Waals surface area contributed by atoms with E-state index in [0.29, 0.717) is 21.3 Å². The first-order chi connectivity index (χ1) is 10.9. The molecule has 0 aromatic heterocycles. The average molecular weight is 355 g/mol. The summed E-state index contributed by atoms with van der Waals surface area (Å²) in [5.74, 6) is -0.615. The van der Waals surface area contributed by atoms with Crippen LogP contribution in [0.2, 0.25) is 10.0 Å². The third kappa shape index (κ3) is 4.44. The van der Waals surface area contributed by atoms with Crippen molar-refractivity contribution in [2.24, 2.45) is 0 Å². The van der Waals surface area contributed by atoms with Gasteiger partial charge >= 0.3 is 0 Å². The van der Waals surface area contributed by atoms with Gasteiger partial charge in [0.15, 0.2) is 0 Å². The molecule has 0 spiro atoms. The number of amides is 1. The zero-order chi connectivity index (χ0) is 17.0. The number of carbonyl (C=O) groups excluding carboxylic acids is 1. The molecular weight excluding hydrogens is 338 g/mol. The fraction of sp³-hybridized carbons (Fsp3) is 0.235. The second-order valence-corrected chi connectivity index (χ2v) is 6.07. The van der Waals surface area contributed by atoms with Crippen molar-refractivity contribution in [3.8, 4) is 0 Å². The van der Waals surface area contributed by atoms with E-state index in [0.717, 1.165) is 0 Å². The van der Waals surface area contributed by atoms with Gasteiger partial charge in [-0.2, -0.15) is 0 Å². The van der Waals surface area contributed by atoms with Gasteiger partial charge in [0.1, 0.15) is 5.82 Å². The maximum Gasteiger partial charge on any atom is 0.241 e. The van der Waals surface area contributed by atoms with Gasteiger partial charge in [0.2, 0.25) is 5.91 Å². The number of nitrogens with zero attached hydrogens (tertiary/aromatic N) is 1. The minimum Gasteiger partial charge on any atom is -0.323 e. The summed E-state index contributed by atoms with van der Waals surface area (Å²) in [4.78, 5) is 14.0. The molecule has 0 saturated heterocycles. The Morgan fingerprint density at radius 2 is 1.83 bits per heavy atom. The lowest BCUT2D eigenvalue weighted by Gasteiger charge is -2.24. The first-order valence-electron chi connectivity index (χ1n) is 7.08. The smallest absolute Gasteiger partial charge is 0.241 e. The third-order valence-corrected chi connectivity index (χ3v) is 4.33. The highest BCUT2D eigenvalue weighted by Gasteiger charge is 2.21. The monoisotopic (exact) mass is 354 g/mol. The molecule has 1 amide bonds. The van der Waals surface area contributed by atoms with Crippen LogP contribution in [0.4, 0.5) is 10.1 Å². The Morgan fingerprint density at radius 3 is 2.48 bits per heavy atom. The molecule has 0 aliphatic rings. The summed E-state index contributed by atoms with van der Waals surface area (Å²) in [7, 11) is 1.74. The van der Waals surface area contributed by atoms with E-state index in [1.807, 2.05) is 0 Å². The highest BCUT2D eigenvalue weighted by Crippen LogP contribution is 2.23. The first-order valence-corrected chi connectivity index (χ1v) is 7.84. The number of carbonyl (C=O) groups is 1. The summed E-state index contributed by atoms with van der Waals surface area (Å²) < 4.78 is 13.8. The number of likely N-dealkylation sites (N-methyl/N-ethyl adjacent to an activating group) is 1. The molecule has 2 aromatic carbocycles. The molecule has 0 fully saturated rings. The molecule has 0 bridgehead atoms. The molecule has 0 heterocycles. The number of hydrogen-bond donors (Lipinski definition) is 1. The predicted molar refractivity (Wildman–Crippen MR) is 92.4 cm³/mol. The topological polar surface area (TPSA) is 32.3 Å². The van der Waals surface area contributed by atoms with Crippen LogP contribution in [0.1, 0.15) is 12.5 Å². The van der Waals surface area contributed by atoms with Crippen LogP contribution in [0.5, 0.6) is 0 Å². The molecule has 0 aliphatic carbocycles. The van der Waals surface area contributed by atoms with Crippen LogP contribution >= 0.6 is 23.2 Å². The lowest BCUT2D eigenvalue weighted by atomic mass is 10.1. The van der Waals surface area contributed by atoms with Crippen LogP contribution in [0.3, 0.4) is 0 Å². The highest BCUT2D eigenvalue weighted by molar-refractivity contribution is 6.33. The highest BCUT2D eigenvalue weighted by atomic mass is 35.5. The van der Waals surface area contributed by atoms with Crippen LogP contribution in [0.25, 0.3) is 0 Å². The Labute approximate surface area is 145 Å². The number of para-hydroxylation sites is 1. The molecule has 0 radical (unpaired) electrons. The summed E-state index contributed by atoms with van der Waals surface area (Å²) in [5, 5.41) is 3.58. The zero-order valence-corrected chi connectivity index (χ0v) is 14.3. The molecule has 1 N–H and O–H groups in total. The molecule has 1 unspecified atom stereocenters. The maximum atomic E-state index is 13.8. The molecule has 0 saturated carbocycles. The van der Waals surface area contributed by atoms with Crippen LogP contribution in [0, 0.1) is 5.82 Å². The van der Waals surface area contributed by atoms with Gasteiger partial charge < -0.3 is 5.32 Å². The Balaban J connectivity index is 2.06. The second kappa shape index (κ2) is 7.77. The number of anilines is 1. The fourth-order valence-electron chi connectivity index (χ4n) is 2.07. The predicted octanol–water partition coefficient (Wildman–Crippen LogP) is 4.59. The van der Waals surface area contributed by atoms with Crippen molar-refractivity contribution in [1.29, 1.82) is 0 Å². The minimum atomic E-state index is -0.484. The first kappa shape index (κ1) is 17.7. The quantitative estimate of drug-likeness (QED) is 0.851. The molecule has 2 aromatic rings. The third-order valence-electron chi connectivity index (χ3n) is 3.64. The summed E-state index contributed by atoms with van der Waals surface area (Å²) in [6.45, 7) is 1.96. The van der Waals surface area contributed by atoms with Crippen molar-refractivity contribution in [3.05, 3.63) is 63.9 Å². The minimum absolute atomic E-state index is 0.225. The number of halogens is 3. The van der Waals surface area contributed by atoms with Crippen molar-refractivity contribution in [1.82, 2.24) is 4.90 Å². The van der Waals surface area contributed by atoms with E-state index in [2.05, 4.69) is 5.32 Å². The van der Waals surface area contributed by atoms with Gasteiger partial charge in [0.25, 0.3) is 0 Å². The van der Waals surface area contributed by atoms with E-state index in [1.165, 1.54) is 6.07 Å². The van der Waals surface area contributed by atoms with E-state index < -0.39 is 6.04 Å². The van der Waals surface area contributed by atoms with Crippen molar-refractivity contribution < 1.29 is 9.18 Å². The standard InChI is InChI=1S/C17H17Cl2FN2O/c1-11(17(23)21-16-9-4-3-6-14(16)19)22(2)10-12-13(18)7-5-8-15(12)20/h3-9,11H,10H2,1-2H3,(H,21,23).